The Balaban J connectivity index is 2.06. The first-order valence-corrected chi connectivity index (χ1v) is 7.73. The SMILES string of the molecule is C=CN1CC(C)(CCCCCCCCCC)OC1=O. The monoisotopic (exact) mass is 267 g/mol. The molecule has 0 spiro atoms. The second-order valence-corrected chi connectivity index (χ2v) is 5.85. The van der Waals surface area contributed by atoms with Crippen molar-refractivity contribution in [2.24, 2.45) is 0 Å². The van der Waals surface area contributed by atoms with Gasteiger partial charge in [0.15, 0.2) is 0 Å². The van der Waals surface area contributed by atoms with Gasteiger partial charge in [-0.3, -0.25) is 4.90 Å². The highest BCUT2D eigenvalue weighted by molar-refractivity contribution is 5.71. The number of carbonyl (C=O) groups excluding carboxylic acids is 1. The Labute approximate surface area is 118 Å². The number of amides is 1. The summed E-state index contributed by atoms with van der Waals surface area (Å²) >= 11 is 0. The van der Waals surface area contributed by atoms with Crippen molar-refractivity contribution in [1.29, 1.82) is 0 Å². The van der Waals surface area contributed by atoms with Gasteiger partial charge < -0.3 is 4.74 Å². The summed E-state index contributed by atoms with van der Waals surface area (Å²) in [7, 11) is 0. The lowest BCUT2D eigenvalue weighted by molar-refractivity contribution is 0.0627. The van der Waals surface area contributed by atoms with E-state index in [0.29, 0.717) is 6.54 Å². The molecule has 19 heavy (non-hydrogen) atoms. The lowest BCUT2D eigenvalue weighted by Gasteiger charge is -2.21. The summed E-state index contributed by atoms with van der Waals surface area (Å²) in [5.41, 5.74) is -0.312. The van der Waals surface area contributed by atoms with Crippen molar-refractivity contribution in [1.82, 2.24) is 4.90 Å². The third-order valence-electron chi connectivity index (χ3n) is 3.85. The molecule has 1 aliphatic rings. The van der Waals surface area contributed by atoms with E-state index in [9.17, 15) is 4.79 Å². The average Bonchev–Trinajstić information content (AvgIpc) is 2.68. The van der Waals surface area contributed by atoms with Crippen molar-refractivity contribution >= 4 is 6.09 Å². The molecular formula is C16H29NO2. The average molecular weight is 267 g/mol. The van der Waals surface area contributed by atoms with Gasteiger partial charge in [-0.05, 0) is 19.8 Å². The third-order valence-corrected chi connectivity index (χ3v) is 3.85. The molecule has 0 aromatic heterocycles. The van der Waals surface area contributed by atoms with Gasteiger partial charge in [0.1, 0.15) is 5.60 Å². The molecule has 0 aliphatic carbocycles. The van der Waals surface area contributed by atoms with E-state index in [1.165, 1.54) is 44.9 Å². The molecule has 110 valence electrons. The van der Waals surface area contributed by atoms with E-state index in [-0.39, 0.29) is 11.7 Å². The molecule has 1 amide bonds. The van der Waals surface area contributed by atoms with E-state index in [1.54, 1.807) is 11.1 Å². The van der Waals surface area contributed by atoms with Crippen LogP contribution in [0.5, 0.6) is 0 Å². The van der Waals surface area contributed by atoms with Gasteiger partial charge in [-0.2, -0.15) is 0 Å². The highest BCUT2D eigenvalue weighted by Gasteiger charge is 2.39. The summed E-state index contributed by atoms with van der Waals surface area (Å²) in [6.45, 7) is 8.54. The van der Waals surface area contributed by atoms with E-state index in [4.69, 9.17) is 4.74 Å². The fourth-order valence-electron chi connectivity index (χ4n) is 2.63. The lowest BCUT2D eigenvalue weighted by atomic mass is 9.97. The molecule has 1 aliphatic heterocycles. The molecule has 3 nitrogen and oxygen atoms in total. The summed E-state index contributed by atoms with van der Waals surface area (Å²) in [5.74, 6) is 0. The fourth-order valence-corrected chi connectivity index (χ4v) is 2.63. The molecule has 0 bridgehead atoms. The molecule has 0 aromatic rings. The predicted molar refractivity (Wildman–Crippen MR) is 79.0 cm³/mol. The van der Waals surface area contributed by atoms with Crippen LogP contribution in [0.15, 0.2) is 12.8 Å². The smallest absolute Gasteiger partial charge is 0.414 e. The Morgan fingerprint density at radius 2 is 1.79 bits per heavy atom. The fraction of sp³-hybridized carbons (Fsp3) is 0.812. The lowest BCUT2D eigenvalue weighted by Crippen LogP contribution is -2.29. The van der Waals surface area contributed by atoms with Crippen LogP contribution in [0.2, 0.25) is 0 Å². The van der Waals surface area contributed by atoms with Crippen molar-refractivity contribution in [2.45, 2.75) is 77.2 Å². The van der Waals surface area contributed by atoms with Crippen LogP contribution < -0.4 is 0 Å². The van der Waals surface area contributed by atoms with Crippen molar-refractivity contribution in [3.05, 3.63) is 12.8 Å². The molecule has 0 radical (unpaired) electrons. The van der Waals surface area contributed by atoms with E-state index in [1.807, 2.05) is 6.92 Å². The van der Waals surface area contributed by atoms with Crippen molar-refractivity contribution in [2.75, 3.05) is 6.54 Å². The predicted octanol–water partition coefficient (Wildman–Crippen LogP) is 4.87. The molecular weight excluding hydrogens is 238 g/mol. The van der Waals surface area contributed by atoms with Crippen molar-refractivity contribution in [3.63, 3.8) is 0 Å². The molecule has 0 saturated carbocycles. The van der Waals surface area contributed by atoms with Gasteiger partial charge in [0, 0.05) is 6.20 Å². The minimum absolute atomic E-state index is 0.253. The van der Waals surface area contributed by atoms with E-state index in [2.05, 4.69) is 13.5 Å². The van der Waals surface area contributed by atoms with Gasteiger partial charge in [-0.25, -0.2) is 4.79 Å². The van der Waals surface area contributed by atoms with Crippen LogP contribution in [0.4, 0.5) is 4.79 Å². The van der Waals surface area contributed by atoms with Crippen molar-refractivity contribution in [3.8, 4) is 0 Å². The number of hydrogen-bond donors (Lipinski definition) is 0. The molecule has 1 heterocycles. The Morgan fingerprint density at radius 3 is 2.32 bits per heavy atom. The summed E-state index contributed by atoms with van der Waals surface area (Å²) < 4.78 is 5.43. The molecule has 1 unspecified atom stereocenters. The number of cyclic esters (lactones) is 1. The minimum atomic E-state index is -0.312. The number of rotatable bonds is 10. The zero-order chi connectivity index (χ0) is 14.1. The Kier molecular flexibility index (Phi) is 6.96. The second kappa shape index (κ2) is 8.23. The zero-order valence-corrected chi connectivity index (χ0v) is 12.6. The van der Waals surface area contributed by atoms with Crippen LogP contribution >= 0.6 is 0 Å². The summed E-state index contributed by atoms with van der Waals surface area (Å²) in [4.78, 5) is 13.0. The van der Waals surface area contributed by atoms with E-state index in [0.717, 1.165) is 12.8 Å². The van der Waals surface area contributed by atoms with Gasteiger partial charge in [0.05, 0.1) is 6.54 Å². The topological polar surface area (TPSA) is 29.5 Å². The number of hydrogen-bond acceptors (Lipinski definition) is 2. The first kappa shape index (κ1) is 16.1. The van der Waals surface area contributed by atoms with Gasteiger partial charge in [0.25, 0.3) is 0 Å². The van der Waals surface area contributed by atoms with Gasteiger partial charge in [-0.15, -0.1) is 0 Å². The standard InChI is InChI=1S/C16H29NO2/c1-4-6-7-8-9-10-11-12-13-16(3)14-17(5-2)15(18)19-16/h5H,2,4,6-14H2,1,3H3. The number of nitrogens with zero attached hydrogens (tertiary/aromatic N) is 1. The largest absolute Gasteiger partial charge is 0.441 e. The Morgan fingerprint density at radius 1 is 1.21 bits per heavy atom. The first-order valence-electron chi connectivity index (χ1n) is 7.73. The highest BCUT2D eigenvalue weighted by atomic mass is 16.6. The maximum absolute atomic E-state index is 11.5. The Bertz CT molecular complexity index is 290. The Hall–Kier alpha value is -0.990. The normalized spacial score (nSPS) is 22.6. The number of unbranched alkanes of at least 4 members (excludes halogenated alkanes) is 7. The maximum Gasteiger partial charge on any atom is 0.414 e. The van der Waals surface area contributed by atoms with Crippen LogP contribution in [-0.4, -0.2) is 23.1 Å². The van der Waals surface area contributed by atoms with Crippen molar-refractivity contribution < 1.29 is 9.53 Å². The van der Waals surface area contributed by atoms with Crippen LogP contribution in [0.3, 0.4) is 0 Å². The molecule has 0 aromatic carbocycles. The molecule has 1 fully saturated rings. The molecule has 1 rings (SSSR count). The van der Waals surface area contributed by atoms with Crippen LogP contribution in [-0.2, 0) is 4.74 Å². The summed E-state index contributed by atoms with van der Waals surface area (Å²) in [6.07, 6.45) is 12.7. The summed E-state index contributed by atoms with van der Waals surface area (Å²) in [5, 5.41) is 0. The van der Waals surface area contributed by atoms with E-state index < -0.39 is 0 Å². The second-order valence-electron chi connectivity index (χ2n) is 5.85. The number of carbonyl (C=O) groups is 1. The minimum Gasteiger partial charge on any atom is -0.441 e. The van der Waals surface area contributed by atoms with Gasteiger partial charge in [0.2, 0.25) is 0 Å². The quantitative estimate of drug-likeness (QED) is 0.528. The van der Waals surface area contributed by atoms with E-state index >= 15 is 0 Å². The molecule has 0 N–H and O–H groups in total. The highest BCUT2D eigenvalue weighted by Crippen LogP contribution is 2.28. The van der Waals surface area contributed by atoms with Crippen LogP contribution in [0.25, 0.3) is 0 Å². The van der Waals surface area contributed by atoms with Crippen LogP contribution in [0.1, 0.15) is 71.6 Å². The molecule has 1 saturated heterocycles. The first-order chi connectivity index (χ1) is 9.11. The van der Waals surface area contributed by atoms with Gasteiger partial charge >= 0.3 is 6.09 Å². The third kappa shape index (κ3) is 5.66. The maximum atomic E-state index is 11.5. The zero-order valence-electron chi connectivity index (χ0n) is 12.6. The molecule has 1 atom stereocenters. The molecule has 3 heteroatoms. The number of ether oxygens (including phenoxy) is 1. The summed E-state index contributed by atoms with van der Waals surface area (Å²) in [6, 6.07) is 0. The van der Waals surface area contributed by atoms with Gasteiger partial charge in [-0.1, -0.05) is 58.4 Å². The van der Waals surface area contributed by atoms with Crippen LogP contribution in [0, 0.1) is 0 Å².